The van der Waals surface area contributed by atoms with Crippen LogP contribution >= 0.6 is 0 Å². The van der Waals surface area contributed by atoms with Crippen molar-refractivity contribution in [1.29, 1.82) is 5.26 Å². The summed E-state index contributed by atoms with van der Waals surface area (Å²) < 4.78 is 5.52. The molecule has 0 fully saturated rings. The monoisotopic (exact) mass is 303 g/mol. The number of oxazole rings is 1. The molecule has 4 nitrogen and oxygen atoms in total. The zero-order chi connectivity index (χ0) is 15.9. The molecule has 0 aliphatic heterocycles. The number of rotatable bonds is 6. The summed E-state index contributed by atoms with van der Waals surface area (Å²) in [6.45, 7) is 1.59. The summed E-state index contributed by atoms with van der Waals surface area (Å²) in [6, 6.07) is 19.6. The summed E-state index contributed by atoms with van der Waals surface area (Å²) in [6.07, 6.45) is 2.53. The lowest BCUT2D eigenvalue weighted by atomic mass is 10.1. The Kier molecular flexibility index (Phi) is 4.82. The van der Waals surface area contributed by atoms with Gasteiger partial charge in [-0.3, -0.25) is 0 Å². The third-order valence-corrected chi connectivity index (χ3v) is 3.54. The largest absolute Gasteiger partial charge is 0.444 e. The van der Waals surface area contributed by atoms with E-state index in [1.165, 1.54) is 0 Å². The van der Waals surface area contributed by atoms with Crippen LogP contribution in [0.2, 0.25) is 0 Å². The molecular weight excluding hydrogens is 286 g/mol. The zero-order valence-corrected chi connectivity index (χ0v) is 12.7. The Morgan fingerprint density at radius 1 is 1.04 bits per heavy atom. The van der Waals surface area contributed by atoms with Crippen LogP contribution in [0.4, 0.5) is 0 Å². The first-order valence-corrected chi connectivity index (χ1v) is 7.55. The van der Waals surface area contributed by atoms with E-state index >= 15 is 0 Å². The van der Waals surface area contributed by atoms with E-state index in [4.69, 9.17) is 9.68 Å². The average molecular weight is 303 g/mol. The standard InChI is InChI=1S/C19H17N3O/c20-12-15-6-8-16(9-7-15)13-21-11-10-18-14-23-19(22-18)17-4-2-1-3-5-17/h1-9,14,21H,10-11,13H2. The van der Waals surface area contributed by atoms with Crippen LogP contribution in [0.3, 0.4) is 0 Å². The van der Waals surface area contributed by atoms with Crippen molar-refractivity contribution in [1.82, 2.24) is 10.3 Å². The second-order valence-corrected chi connectivity index (χ2v) is 5.25. The lowest BCUT2D eigenvalue weighted by Gasteiger charge is -2.03. The van der Waals surface area contributed by atoms with Gasteiger partial charge in [0.1, 0.15) is 6.26 Å². The smallest absolute Gasteiger partial charge is 0.226 e. The molecular formula is C19H17N3O. The normalized spacial score (nSPS) is 10.4. The first-order valence-electron chi connectivity index (χ1n) is 7.55. The first-order chi connectivity index (χ1) is 11.3. The Morgan fingerprint density at radius 3 is 2.57 bits per heavy atom. The van der Waals surface area contributed by atoms with E-state index in [1.54, 1.807) is 6.26 Å². The SMILES string of the molecule is N#Cc1ccc(CNCCc2coc(-c3ccccc3)n2)cc1. The van der Waals surface area contributed by atoms with Crippen molar-refractivity contribution in [2.75, 3.05) is 6.54 Å². The van der Waals surface area contributed by atoms with E-state index in [9.17, 15) is 0 Å². The van der Waals surface area contributed by atoms with Gasteiger partial charge in [0.25, 0.3) is 0 Å². The third kappa shape index (κ3) is 4.06. The number of hydrogen-bond acceptors (Lipinski definition) is 4. The van der Waals surface area contributed by atoms with Gasteiger partial charge < -0.3 is 9.73 Å². The van der Waals surface area contributed by atoms with Crippen molar-refractivity contribution >= 4 is 0 Å². The van der Waals surface area contributed by atoms with Gasteiger partial charge in [0.05, 0.1) is 17.3 Å². The minimum absolute atomic E-state index is 0.660. The molecule has 0 aliphatic rings. The predicted molar refractivity (Wildman–Crippen MR) is 88.5 cm³/mol. The van der Waals surface area contributed by atoms with Crippen LogP contribution in [0, 0.1) is 11.3 Å². The molecule has 0 saturated heterocycles. The lowest BCUT2D eigenvalue weighted by Crippen LogP contribution is -2.16. The van der Waals surface area contributed by atoms with Crippen molar-refractivity contribution in [2.24, 2.45) is 0 Å². The summed E-state index contributed by atoms with van der Waals surface area (Å²) in [4.78, 5) is 4.51. The van der Waals surface area contributed by atoms with Gasteiger partial charge in [0.15, 0.2) is 0 Å². The molecule has 1 heterocycles. The van der Waals surface area contributed by atoms with Gasteiger partial charge in [0.2, 0.25) is 5.89 Å². The summed E-state index contributed by atoms with van der Waals surface area (Å²) in [5, 5.41) is 12.1. The van der Waals surface area contributed by atoms with Crippen LogP contribution in [0.1, 0.15) is 16.8 Å². The van der Waals surface area contributed by atoms with Crippen molar-refractivity contribution < 1.29 is 4.42 Å². The highest BCUT2D eigenvalue weighted by molar-refractivity contribution is 5.52. The van der Waals surface area contributed by atoms with Crippen LogP contribution in [-0.2, 0) is 13.0 Å². The minimum atomic E-state index is 0.660. The zero-order valence-electron chi connectivity index (χ0n) is 12.7. The van der Waals surface area contributed by atoms with Gasteiger partial charge in [-0.2, -0.15) is 5.26 Å². The molecule has 1 aromatic heterocycles. The molecule has 3 aromatic rings. The topological polar surface area (TPSA) is 61.9 Å². The highest BCUT2D eigenvalue weighted by Crippen LogP contribution is 2.17. The molecule has 0 amide bonds. The van der Waals surface area contributed by atoms with E-state index in [0.717, 1.165) is 36.3 Å². The van der Waals surface area contributed by atoms with Crippen LogP contribution in [0.15, 0.2) is 65.3 Å². The van der Waals surface area contributed by atoms with Gasteiger partial charge in [0, 0.05) is 25.1 Å². The lowest BCUT2D eigenvalue weighted by molar-refractivity contribution is 0.571. The molecule has 3 rings (SSSR count). The summed E-state index contributed by atoms with van der Waals surface area (Å²) in [5.74, 6) is 0.660. The Morgan fingerprint density at radius 2 is 1.83 bits per heavy atom. The number of aromatic nitrogens is 1. The second-order valence-electron chi connectivity index (χ2n) is 5.25. The molecule has 114 valence electrons. The van der Waals surface area contributed by atoms with E-state index in [2.05, 4.69) is 16.4 Å². The molecule has 23 heavy (non-hydrogen) atoms. The fourth-order valence-electron chi connectivity index (χ4n) is 2.28. The number of benzene rings is 2. The average Bonchev–Trinajstić information content (AvgIpc) is 3.09. The Balaban J connectivity index is 1.47. The Labute approximate surface area is 135 Å². The quantitative estimate of drug-likeness (QED) is 0.707. The van der Waals surface area contributed by atoms with E-state index in [-0.39, 0.29) is 0 Å². The van der Waals surface area contributed by atoms with Gasteiger partial charge in [-0.05, 0) is 29.8 Å². The molecule has 1 N–H and O–H groups in total. The summed E-state index contributed by atoms with van der Waals surface area (Å²) >= 11 is 0. The Bertz CT molecular complexity index is 785. The molecule has 0 bridgehead atoms. The molecule has 4 heteroatoms. The van der Waals surface area contributed by atoms with Gasteiger partial charge in [-0.1, -0.05) is 30.3 Å². The van der Waals surface area contributed by atoms with Crippen molar-refractivity contribution in [3.8, 4) is 17.5 Å². The maximum absolute atomic E-state index is 8.77. The number of hydrogen-bond donors (Lipinski definition) is 1. The van der Waals surface area contributed by atoms with E-state index < -0.39 is 0 Å². The van der Waals surface area contributed by atoms with E-state index in [1.807, 2.05) is 54.6 Å². The van der Waals surface area contributed by atoms with Gasteiger partial charge >= 0.3 is 0 Å². The van der Waals surface area contributed by atoms with Crippen molar-refractivity contribution in [2.45, 2.75) is 13.0 Å². The minimum Gasteiger partial charge on any atom is -0.444 e. The predicted octanol–water partition coefficient (Wildman–Crippen LogP) is 3.55. The van der Waals surface area contributed by atoms with Crippen molar-refractivity contribution in [3.63, 3.8) is 0 Å². The Hall–Kier alpha value is -2.90. The third-order valence-electron chi connectivity index (χ3n) is 3.54. The first kappa shape index (κ1) is 15.0. The molecule has 0 aliphatic carbocycles. The van der Waals surface area contributed by atoms with Gasteiger partial charge in [-0.25, -0.2) is 4.98 Å². The number of nitrogens with zero attached hydrogens (tertiary/aromatic N) is 2. The second kappa shape index (κ2) is 7.39. The number of nitriles is 1. The van der Waals surface area contributed by atoms with Crippen molar-refractivity contribution in [3.05, 3.63) is 77.7 Å². The molecule has 0 spiro atoms. The molecule has 0 atom stereocenters. The summed E-state index contributed by atoms with van der Waals surface area (Å²) in [5.41, 5.74) is 3.78. The van der Waals surface area contributed by atoms with Crippen LogP contribution in [-0.4, -0.2) is 11.5 Å². The highest BCUT2D eigenvalue weighted by atomic mass is 16.3. The molecule has 0 radical (unpaired) electrons. The molecule has 0 saturated carbocycles. The molecule has 2 aromatic carbocycles. The van der Waals surface area contributed by atoms with E-state index in [0.29, 0.717) is 11.5 Å². The highest BCUT2D eigenvalue weighted by Gasteiger charge is 2.05. The number of nitrogens with one attached hydrogen (secondary N) is 1. The van der Waals surface area contributed by atoms with Gasteiger partial charge in [-0.15, -0.1) is 0 Å². The fraction of sp³-hybridized carbons (Fsp3) is 0.158. The van der Waals surface area contributed by atoms with Crippen LogP contribution in [0.25, 0.3) is 11.5 Å². The van der Waals surface area contributed by atoms with Crippen LogP contribution in [0.5, 0.6) is 0 Å². The maximum Gasteiger partial charge on any atom is 0.226 e. The maximum atomic E-state index is 8.77. The van der Waals surface area contributed by atoms with Crippen LogP contribution < -0.4 is 5.32 Å². The molecule has 0 unspecified atom stereocenters. The fourth-order valence-corrected chi connectivity index (χ4v) is 2.28. The summed E-state index contributed by atoms with van der Waals surface area (Å²) in [7, 11) is 0.